The molecule has 2 aromatic carbocycles. The molecule has 2 rings (SSSR count). The van der Waals surface area contributed by atoms with Gasteiger partial charge in [-0.25, -0.2) is 4.79 Å². The Morgan fingerprint density at radius 2 is 1.79 bits per heavy atom. The van der Waals surface area contributed by atoms with E-state index in [4.69, 9.17) is 27.9 Å². The number of benzene rings is 2. The van der Waals surface area contributed by atoms with Crippen LogP contribution in [-0.4, -0.2) is 18.0 Å². The molecule has 0 aliphatic heterocycles. The van der Waals surface area contributed by atoms with Crippen molar-refractivity contribution in [1.29, 1.82) is 0 Å². The van der Waals surface area contributed by atoms with Gasteiger partial charge in [0.1, 0.15) is 0 Å². The zero-order valence-electron chi connectivity index (χ0n) is 12.8. The summed E-state index contributed by atoms with van der Waals surface area (Å²) in [6.07, 6.45) is 1.90. The van der Waals surface area contributed by atoms with Gasteiger partial charge in [0.15, 0.2) is 6.10 Å². The molecule has 4 nitrogen and oxygen atoms in total. The fourth-order valence-corrected chi connectivity index (χ4v) is 2.18. The number of ether oxygens (including phenoxy) is 1. The van der Waals surface area contributed by atoms with Crippen LogP contribution in [0.3, 0.4) is 0 Å². The Hall–Kier alpha value is -2.30. The van der Waals surface area contributed by atoms with Crippen molar-refractivity contribution in [2.75, 3.05) is 5.32 Å². The van der Waals surface area contributed by atoms with Gasteiger partial charge in [-0.05, 0) is 30.7 Å². The minimum absolute atomic E-state index is 0.231. The van der Waals surface area contributed by atoms with Crippen LogP contribution >= 0.6 is 23.2 Å². The van der Waals surface area contributed by atoms with E-state index in [1.165, 1.54) is 13.0 Å². The molecule has 0 aliphatic rings. The molecule has 0 saturated carbocycles. The van der Waals surface area contributed by atoms with Crippen LogP contribution in [0, 0.1) is 0 Å². The number of hydrogen-bond acceptors (Lipinski definition) is 3. The van der Waals surface area contributed by atoms with Gasteiger partial charge in [0.25, 0.3) is 5.91 Å². The average molecular weight is 364 g/mol. The molecule has 1 N–H and O–H groups in total. The number of amides is 1. The normalized spacial score (nSPS) is 12.0. The summed E-state index contributed by atoms with van der Waals surface area (Å²) in [6, 6.07) is 14.2. The summed E-state index contributed by atoms with van der Waals surface area (Å²) >= 11 is 11.9. The van der Waals surface area contributed by atoms with E-state index < -0.39 is 18.0 Å². The monoisotopic (exact) mass is 363 g/mol. The Morgan fingerprint density at radius 3 is 2.50 bits per heavy atom. The van der Waals surface area contributed by atoms with Crippen LogP contribution in [0.25, 0.3) is 6.08 Å². The molecule has 0 aliphatic carbocycles. The van der Waals surface area contributed by atoms with E-state index in [9.17, 15) is 9.59 Å². The highest BCUT2D eigenvalue weighted by atomic mass is 35.5. The van der Waals surface area contributed by atoms with E-state index in [0.717, 1.165) is 5.56 Å². The third-order valence-corrected chi connectivity index (χ3v) is 3.90. The fourth-order valence-electron chi connectivity index (χ4n) is 1.83. The first-order valence-corrected chi connectivity index (χ1v) is 7.91. The standard InChI is InChI=1S/C18H15Cl2NO3/c1-12(18(23)21-15-9-5-8-14(19)17(15)20)24-16(22)11-10-13-6-3-2-4-7-13/h2-12H,1H3,(H,21,23)/b11-10+/t12-/m0/s1. The van der Waals surface area contributed by atoms with Crippen LogP contribution in [0.5, 0.6) is 0 Å². The molecule has 0 radical (unpaired) electrons. The van der Waals surface area contributed by atoms with Gasteiger partial charge in [-0.3, -0.25) is 4.79 Å². The second-order valence-corrected chi connectivity index (χ2v) is 5.70. The minimum Gasteiger partial charge on any atom is -0.449 e. The molecule has 6 heteroatoms. The highest BCUT2D eigenvalue weighted by molar-refractivity contribution is 6.44. The summed E-state index contributed by atoms with van der Waals surface area (Å²) in [5.74, 6) is -1.11. The molecule has 0 fully saturated rings. The Balaban J connectivity index is 1.92. The van der Waals surface area contributed by atoms with Crippen LogP contribution in [0.1, 0.15) is 12.5 Å². The van der Waals surface area contributed by atoms with Crippen molar-refractivity contribution in [3.05, 3.63) is 70.2 Å². The van der Waals surface area contributed by atoms with Gasteiger partial charge in [-0.1, -0.05) is 59.6 Å². The number of rotatable bonds is 5. The zero-order chi connectivity index (χ0) is 17.5. The summed E-state index contributed by atoms with van der Waals surface area (Å²) in [7, 11) is 0. The zero-order valence-corrected chi connectivity index (χ0v) is 14.3. The van der Waals surface area contributed by atoms with Crippen molar-refractivity contribution in [2.24, 2.45) is 0 Å². The maximum atomic E-state index is 12.1. The van der Waals surface area contributed by atoms with Gasteiger partial charge >= 0.3 is 5.97 Å². The van der Waals surface area contributed by atoms with Crippen molar-refractivity contribution < 1.29 is 14.3 Å². The van der Waals surface area contributed by atoms with Gasteiger partial charge < -0.3 is 10.1 Å². The van der Waals surface area contributed by atoms with Crippen LogP contribution in [-0.2, 0) is 14.3 Å². The first-order chi connectivity index (χ1) is 11.5. The first kappa shape index (κ1) is 18.0. The summed E-state index contributed by atoms with van der Waals surface area (Å²) in [5, 5.41) is 3.13. The van der Waals surface area contributed by atoms with Crippen molar-refractivity contribution in [3.63, 3.8) is 0 Å². The molecule has 0 spiro atoms. The molecule has 24 heavy (non-hydrogen) atoms. The van der Waals surface area contributed by atoms with Crippen molar-refractivity contribution in [3.8, 4) is 0 Å². The molecule has 0 saturated heterocycles. The number of nitrogens with one attached hydrogen (secondary N) is 1. The number of carbonyl (C=O) groups is 2. The Bertz CT molecular complexity index is 760. The van der Waals surface area contributed by atoms with Crippen molar-refractivity contribution in [1.82, 2.24) is 0 Å². The summed E-state index contributed by atoms with van der Waals surface area (Å²) in [5.41, 5.74) is 1.22. The second-order valence-electron chi connectivity index (χ2n) is 4.91. The van der Waals surface area contributed by atoms with E-state index >= 15 is 0 Å². The van der Waals surface area contributed by atoms with Crippen LogP contribution in [0.2, 0.25) is 10.0 Å². The third-order valence-electron chi connectivity index (χ3n) is 3.08. The molecule has 124 valence electrons. The van der Waals surface area contributed by atoms with E-state index in [0.29, 0.717) is 10.7 Å². The van der Waals surface area contributed by atoms with Gasteiger partial charge in [-0.2, -0.15) is 0 Å². The summed E-state index contributed by atoms with van der Waals surface area (Å²) in [6.45, 7) is 1.47. The lowest BCUT2D eigenvalue weighted by atomic mass is 10.2. The van der Waals surface area contributed by atoms with Crippen molar-refractivity contribution >= 4 is 46.8 Å². The molecular formula is C18H15Cl2NO3. The van der Waals surface area contributed by atoms with Gasteiger partial charge in [0.05, 0.1) is 15.7 Å². The van der Waals surface area contributed by atoms with E-state index in [1.807, 2.05) is 30.3 Å². The smallest absolute Gasteiger partial charge is 0.331 e. The minimum atomic E-state index is -0.979. The van der Waals surface area contributed by atoms with Crippen LogP contribution in [0.4, 0.5) is 5.69 Å². The topological polar surface area (TPSA) is 55.4 Å². The lowest BCUT2D eigenvalue weighted by Gasteiger charge is -2.13. The average Bonchev–Trinajstić information content (AvgIpc) is 2.58. The van der Waals surface area contributed by atoms with E-state index in [2.05, 4.69) is 5.32 Å². The quantitative estimate of drug-likeness (QED) is 0.624. The number of halogens is 2. The molecule has 0 unspecified atom stereocenters. The maximum absolute atomic E-state index is 12.1. The summed E-state index contributed by atoms with van der Waals surface area (Å²) in [4.78, 5) is 23.8. The molecule has 0 bridgehead atoms. The van der Waals surface area contributed by atoms with Crippen molar-refractivity contribution in [2.45, 2.75) is 13.0 Å². The van der Waals surface area contributed by atoms with E-state index in [1.54, 1.807) is 24.3 Å². The highest BCUT2D eigenvalue weighted by Crippen LogP contribution is 2.29. The first-order valence-electron chi connectivity index (χ1n) is 7.16. The Labute approximate surface area is 150 Å². The third kappa shape index (κ3) is 5.11. The Morgan fingerprint density at radius 1 is 1.08 bits per heavy atom. The number of carbonyl (C=O) groups excluding carboxylic acids is 2. The number of hydrogen-bond donors (Lipinski definition) is 1. The van der Waals surface area contributed by atoms with Gasteiger partial charge in [0, 0.05) is 6.08 Å². The Kier molecular flexibility index (Phi) is 6.41. The molecule has 0 aromatic heterocycles. The highest BCUT2D eigenvalue weighted by Gasteiger charge is 2.18. The molecule has 2 aromatic rings. The fraction of sp³-hybridized carbons (Fsp3) is 0.111. The number of esters is 1. The van der Waals surface area contributed by atoms with E-state index in [-0.39, 0.29) is 5.02 Å². The largest absolute Gasteiger partial charge is 0.449 e. The summed E-state index contributed by atoms with van der Waals surface area (Å²) < 4.78 is 5.06. The maximum Gasteiger partial charge on any atom is 0.331 e. The lowest BCUT2D eigenvalue weighted by molar-refractivity contribution is -0.148. The second kappa shape index (κ2) is 8.52. The van der Waals surface area contributed by atoms with Crippen LogP contribution in [0.15, 0.2) is 54.6 Å². The van der Waals surface area contributed by atoms with Gasteiger partial charge in [-0.15, -0.1) is 0 Å². The predicted molar refractivity (Wildman–Crippen MR) is 96.1 cm³/mol. The molecule has 0 heterocycles. The number of anilines is 1. The van der Waals surface area contributed by atoms with Crippen LogP contribution < -0.4 is 5.32 Å². The van der Waals surface area contributed by atoms with Gasteiger partial charge in [0.2, 0.25) is 0 Å². The SMILES string of the molecule is C[C@H](OC(=O)/C=C/c1ccccc1)C(=O)Nc1cccc(Cl)c1Cl. The molecule has 1 atom stereocenters. The molecular weight excluding hydrogens is 349 g/mol. The predicted octanol–water partition coefficient (Wildman–Crippen LogP) is 4.58. The lowest BCUT2D eigenvalue weighted by Crippen LogP contribution is -2.29. The molecule has 1 amide bonds.